The Hall–Kier alpha value is 0.123. The molecule has 0 aliphatic heterocycles. The van der Waals surface area contributed by atoms with Gasteiger partial charge in [0.25, 0.3) is 0 Å². The van der Waals surface area contributed by atoms with Gasteiger partial charge in [-0.25, -0.2) is 0 Å². The van der Waals surface area contributed by atoms with Crippen LogP contribution in [0.4, 0.5) is 0 Å². The van der Waals surface area contributed by atoms with Gasteiger partial charge in [0.2, 0.25) is 0 Å². The van der Waals surface area contributed by atoms with Gasteiger partial charge in [0.05, 0.1) is 0 Å². The third-order valence-electron chi connectivity index (χ3n) is 4.65. The second-order valence-corrected chi connectivity index (χ2v) is 10.6. The number of hydrogen-bond donors (Lipinski definition) is 0. The summed E-state index contributed by atoms with van der Waals surface area (Å²) in [6, 6.07) is 10.7. The van der Waals surface area contributed by atoms with E-state index in [-0.39, 0.29) is 0 Å². The number of benzene rings is 1. The molecule has 0 spiro atoms. The van der Waals surface area contributed by atoms with Crippen molar-refractivity contribution in [2.45, 2.75) is 41.5 Å². The maximum absolute atomic E-state index is 4.93. The summed E-state index contributed by atoms with van der Waals surface area (Å²) in [5, 5.41) is 2.63. The Morgan fingerprint density at radius 1 is 1.00 bits per heavy atom. The van der Waals surface area contributed by atoms with E-state index in [2.05, 4.69) is 87.8 Å². The van der Waals surface area contributed by atoms with Crippen LogP contribution in [0.2, 0.25) is 0 Å². The van der Waals surface area contributed by atoms with Crippen LogP contribution >= 0.6 is 33.0 Å². The molecule has 3 rings (SSSR count). The zero-order valence-corrected chi connectivity index (χ0v) is 20.6. The van der Waals surface area contributed by atoms with Crippen LogP contribution in [0.1, 0.15) is 33.4 Å². The summed E-state index contributed by atoms with van der Waals surface area (Å²) in [5.74, 6) is 0. The summed E-state index contributed by atoms with van der Waals surface area (Å²) in [6.45, 7) is 13.1. The molecule has 0 bridgehead atoms. The van der Waals surface area contributed by atoms with Crippen LogP contribution in [0, 0.1) is 41.5 Å². The van der Waals surface area contributed by atoms with E-state index in [4.69, 9.17) is 17.0 Å². The monoisotopic (exact) mass is 502 g/mol. The minimum atomic E-state index is -0.826. The first-order valence-corrected chi connectivity index (χ1v) is 14.8. The third kappa shape index (κ3) is 5.56. The fraction of sp³-hybridized carbons (Fsp3) is 0.300. The Bertz CT molecular complexity index is 719. The van der Waals surface area contributed by atoms with E-state index in [9.17, 15) is 0 Å². The third-order valence-corrected chi connectivity index (χ3v) is 5.35. The van der Waals surface area contributed by atoms with Gasteiger partial charge >= 0.3 is 37.9 Å². The molecule has 0 N–H and O–H groups in total. The molecule has 0 amide bonds. The van der Waals surface area contributed by atoms with Crippen LogP contribution in [0.5, 0.6) is 0 Å². The van der Waals surface area contributed by atoms with Crippen LogP contribution in [0.3, 0.4) is 0 Å². The van der Waals surface area contributed by atoms with E-state index in [1.54, 1.807) is 0 Å². The van der Waals surface area contributed by atoms with Gasteiger partial charge in [0.1, 0.15) is 0 Å². The average molecular weight is 505 g/mol. The van der Waals surface area contributed by atoms with Crippen molar-refractivity contribution in [3.8, 4) is 0 Å². The topological polar surface area (TPSA) is 0 Å². The second kappa shape index (κ2) is 10.3. The molecule has 24 heavy (non-hydrogen) atoms. The van der Waals surface area contributed by atoms with Crippen LogP contribution in [0.15, 0.2) is 34.8 Å². The van der Waals surface area contributed by atoms with Gasteiger partial charge < -0.3 is 0 Å². The molecule has 0 aliphatic carbocycles. The van der Waals surface area contributed by atoms with Crippen LogP contribution in [0.25, 0.3) is 10.8 Å². The first-order chi connectivity index (χ1) is 11.2. The molecule has 0 saturated heterocycles. The zero-order valence-electron chi connectivity index (χ0n) is 15.0. The first-order valence-electron chi connectivity index (χ1n) is 7.72. The molecular weight excluding hydrogens is 482 g/mol. The van der Waals surface area contributed by atoms with Gasteiger partial charge in [-0.05, 0) is 4.47 Å². The number of rotatable bonds is 0. The molecule has 3 aromatic rings. The van der Waals surface area contributed by atoms with E-state index < -0.39 is 20.8 Å². The molecule has 0 aliphatic rings. The first kappa shape index (κ1) is 22.2. The number of hydrogen-bond acceptors (Lipinski definition) is 0. The van der Waals surface area contributed by atoms with E-state index in [0.717, 1.165) is 0 Å². The molecule has 3 aromatic carbocycles. The summed E-state index contributed by atoms with van der Waals surface area (Å²) in [5.41, 5.74) is 8.66. The summed E-state index contributed by atoms with van der Waals surface area (Å²) >= 11 is 2.68. The van der Waals surface area contributed by atoms with E-state index in [1.807, 2.05) is 0 Å². The van der Waals surface area contributed by atoms with Crippen LogP contribution < -0.4 is 0 Å². The molecule has 4 heteroatoms. The molecule has 0 unspecified atom stereocenters. The van der Waals surface area contributed by atoms with Crippen molar-refractivity contribution in [1.82, 2.24) is 0 Å². The predicted molar refractivity (Wildman–Crippen MR) is 109 cm³/mol. The summed E-state index contributed by atoms with van der Waals surface area (Å²) in [7, 11) is 9.87. The minimum absolute atomic E-state index is 0.826. The summed E-state index contributed by atoms with van der Waals surface area (Å²) < 4.78 is 1.18. The van der Waals surface area contributed by atoms with E-state index >= 15 is 0 Å². The summed E-state index contributed by atoms with van der Waals surface area (Å²) in [4.78, 5) is 0. The molecular formula is C20H23BrCl2Zr. The zero-order chi connectivity index (χ0) is 18.4. The molecule has 0 heterocycles. The molecule has 128 valence electrons. The van der Waals surface area contributed by atoms with Crippen molar-refractivity contribution in [3.05, 3.63) is 68.2 Å². The summed E-state index contributed by atoms with van der Waals surface area (Å²) in [6.07, 6.45) is 0. The van der Waals surface area contributed by atoms with E-state index in [1.165, 1.54) is 48.6 Å². The van der Waals surface area contributed by atoms with Gasteiger partial charge in [0.15, 0.2) is 0 Å². The van der Waals surface area contributed by atoms with Gasteiger partial charge in [-0.1, -0.05) is 63.5 Å². The average Bonchev–Trinajstić information content (AvgIpc) is 3.00. The van der Waals surface area contributed by atoms with Crippen molar-refractivity contribution >= 4 is 43.7 Å². The van der Waals surface area contributed by atoms with Gasteiger partial charge in [-0.15, -0.1) is 34.5 Å². The number of halogens is 3. The molecule has 0 atom stereocenters. The maximum atomic E-state index is 4.93. The van der Waals surface area contributed by atoms with Crippen LogP contribution in [-0.4, -0.2) is 0 Å². The van der Waals surface area contributed by atoms with Crippen molar-refractivity contribution in [2.24, 2.45) is 0 Å². The fourth-order valence-corrected chi connectivity index (χ4v) is 3.25. The Morgan fingerprint density at radius 2 is 1.50 bits per heavy atom. The van der Waals surface area contributed by atoms with Crippen molar-refractivity contribution in [2.75, 3.05) is 0 Å². The van der Waals surface area contributed by atoms with Crippen molar-refractivity contribution in [1.29, 1.82) is 0 Å². The molecule has 0 fully saturated rings. The number of aryl methyl sites for hydroxylation is 1. The Labute approximate surface area is 173 Å². The second-order valence-electron chi connectivity index (χ2n) is 5.97. The number of fused-ring (bicyclic) bond motifs is 1. The molecule has 0 radical (unpaired) electrons. The predicted octanol–water partition coefficient (Wildman–Crippen LogP) is 7.95. The van der Waals surface area contributed by atoms with Crippen molar-refractivity contribution < 1.29 is 20.8 Å². The normalized spacial score (nSPS) is 9.71. The standard InChI is InChI=1S/C10H8Br.C10H15.2ClH.Zr/c1-7-5-8-3-2-4-10(11)9(8)6-7;1-6-7(2)9(4)10(5)8(6)3;;;/h2-6H,1H3;1-5H3;2*1H;/q2*-1;;;+4/p-2. The van der Waals surface area contributed by atoms with Crippen LogP contribution in [-0.2, 0) is 20.8 Å². The van der Waals surface area contributed by atoms with E-state index in [0.29, 0.717) is 0 Å². The fourth-order valence-electron chi connectivity index (χ4n) is 2.75. The quantitative estimate of drug-likeness (QED) is 0.272. The molecule has 0 saturated carbocycles. The van der Waals surface area contributed by atoms with Gasteiger partial charge in [-0.2, -0.15) is 33.9 Å². The SMILES string of the molecule is Cc1c(C)c(C)[c-](C)c1C.Cc1cc2c(Br)cccc2[cH-]1.[Cl][Zr+2][Cl]. The van der Waals surface area contributed by atoms with Crippen molar-refractivity contribution in [3.63, 3.8) is 0 Å². The Balaban J connectivity index is 0.000000208. The molecule has 0 aromatic heterocycles. The van der Waals surface area contributed by atoms with Gasteiger partial charge in [0, 0.05) is 0 Å². The van der Waals surface area contributed by atoms with Gasteiger partial charge in [-0.3, -0.25) is 0 Å². The molecule has 0 nitrogen and oxygen atoms in total. The Morgan fingerprint density at radius 3 is 1.88 bits per heavy atom. The Kier molecular flexibility index (Phi) is 9.53.